The first-order chi connectivity index (χ1) is 14.1. The van der Waals surface area contributed by atoms with Gasteiger partial charge in [-0.1, -0.05) is 0 Å². The monoisotopic (exact) mass is 387 g/mol. The molecule has 0 radical (unpaired) electrons. The molecule has 1 saturated heterocycles. The van der Waals surface area contributed by atoms with Crippen LogP contribution in [0.5, 0.6) is 0 Å². The van der Waals surface area contributed by atoms with Crippen LogP contribution < -0.4 is 10.5 Å². The van der Waals surface area contributed by atoms with Crippen LogP contribution in [-0.2, 0) is 13.6 Å². The van der Waals surface area contributed by atoms with Gasteiger partial charge in [-0.15, -0.1) is 0 Å². The normalized spacial score (nSPS) is 14.3. The van der Waals surface area contributed by atoms with Crippen LogP contribution in [0, 0.1) is 12.8 Å². The molecule has 8 heteroatoms. The molecule has 0 saturated carbocycles. The fourth-order valence-corrected chi connectivity index (χ4v) is 3.87. The van der Waals surface area contributed by atoms with Crippen molar-refractivity contribution in [3.05, 3.63) is 65.1 Å². The summed E-state index contributed by atoms with van der Waals surface area (Å²) in [6, 6.07) is 9.21. The zero-order valence-corrected chi connectivity index (χ0v) is 16.4. The Morgan fingerprint density at radius 1 is 1.10 bits per heavy atom. The van der Waals surface area contributed by atoms with Gasteiger partial charge in [0.05, 0.1) is 17.8 Å². The minimum absolute atomic E-state index is 0.0799. The molecule has 0 bridgehead atoms. The van der Waals surface area contributed by atoms with Gasteiger partial charge in [0, 0.05) is 55.8 Å². The lowest BCUT2D eigenvalue weighted by atomic mass is 10.00. The van der Waals surface area contributed by atoms with E-state index in [4.69, 9.17) is 0 Å². The minimum atomic E-state index is -0.0799. The Morgan fingerprint density at radius 2 is 1.90 bits per heavy atom. The lowest BCUT2D eigenvalue weighted by molar-refractivity contribution is 0.334. The van der Waals surface area contributed by atoms with Gasteiger partial charge >= 0.3 is 0 Å². The number of aryl methyl sites for hydroxylation is 2. The maximum absolute atomic E-state index is 12.3. The molecule has 0 spiro atoms. The summed E-state index contributed by atoms with van der Waals surface area (Å²) in [7, 11) is 2.04. The number of hydrogen-bond acceptors (Lipinski definition) is 6. The van der Waals surface area contributed by atoms with Crippen molar-refractivity contribution in [3.8, 4) is 11.3 Å². The van der Waals surface area contributed by atoms with Gasteiger partial charge in [-0.2, -0.15) is 5.10 Å². The Hall–Kier alpha value is -3.55. The molecule has 146 valence electrons. The molecule has 8 nitrogen and oxygen atoms in total. The highest BCUT2D eigenvalue weighted by Crippen LogP contribution is 2.30. The first kappa shape index (κ1) is 17.5. The van der Waals surface area contributed by atoms with Crippen LogP contribution in [0.15, 0.2) is 53.8 Å². The number of rotatable bonds is 4. The van der Waals surface area contributed by atoms with E-state index in [1.165, 1.54) is 0 Å². The maximum atomic E-state index is 12.3. The number of aromatic nitrogens is 6. The van der Waals surface area contributed by atoms with Crippen molar-refractivity contribution >= 4 is 16.9 Å². The zero-order chi connectivity index (χ0) is 20.0. The van der Waals surface area contributed by atoms with E-state index < -0.39 is 0 Å². The quantitative estimate of drug-likeness (QED) is 0.533. The molecule has 5 heterocycles. The smallest absolute Gasteiger partial charge is 0.266 e. The van der Waals surface area contributed by atoms with Crippen LogP contribution in [0.25, 0.3) is 22.3 Å². The predicted octanol–water partition coefficient (Wildman–Crippen LogP) is 2.03. The fourth-order valence-electron chi connectivity index (χ4n) is 3.87. The molecule has 1 aliphatic rings. The standard InChI is InChI=1S/C21H21N7O/c1-14-9-18-20(26(14)2)21(24-13-23-18)27-10-15(11-27)12-28-19(29)4-3-17(25-28)16-5-7-22-8-6-16/h3-9,13,15H,10-12H2,1-2H3. The highest BCUT2D eigenvalue weighted by molar-refractivity contribution is 5.87. The third-order valence-corrected chi connectivity index (χ3v) is 5.57. The van der Waals surface area contributed by atoms with Crippen LogP contribution in [0.3, 0.4) is 0 Å². The van der Waals surface area contributed by atoms with Crippen molar-refractivity contribution in [2.75, 3.05) is 18.0 Å². The van der Waals surface area contributed by atoms with Crippen LogP contribution in [-0.4, -0.2) is 42.4 Å². The van der Waals surface area contributed by atoms with Crippen LogP contribution in [0.4, 0.5) is 5.82 Å². The summed E-state index contributed by atoms with van der Waals surface area (Å²) in [5.74, 6) is 1.30. The number of hydrogen-bond donors (Lipinski definition) is 0. The summed E-state index contributed by atoms with van der Waals surface area (Å²) in [5.41, 5.74) is 4.82. The second-order valence-corrected chi connectivity index (χ2v) is 7.52. The van der Waals surface area contributed by atoms with Crippen molar-refractivity contribution in [1.82, 2.24) is 29.3 Å². The fraction of sp³-hybridized carbons (Fsp3) is 0.286. The molecular formula is C21H21N7O. The van der Waals surface area contributed by atoms with Crippen molar-refractivity contribution < 1.29 is 0 Å². The lowest BCUT2D eigenvalue weighted by Crippen LogP contribution is -2.50. The van der Waals surface area contributed by atoms with E-state index in [0.29, 0.717) is 12.5 Å². The second-order valence-electron chi connectivity index (χ2n) is 7.52. The molecule has 1 aliphatic heterocycles. The van der Waals surface area contributed by atoms with Crippen LogP contribution in [0.2, 0.25) is 0 Å². The Bertz CT molecular complexity index is 1240. The van der Waals surface area contributed by atoms with E-state index in [2.05, 4.69) is 42.5 Å². The Balaban J connectivity index is 1.35. The summed E-state index contributed by atoms with van der Waals surface area (Å²) < 4.78 is 3.70. The van der Waals surface area contributed by atoms with Crippen LogP contribution in [0.1, 0.15) is 5.69 Å². The Morgan fingerprint density at radius 3 is 2.69 bits per heavy atom. The van der Waals surface area contributed by atoms with Crippen LogP contribution >= 0.6 is 0 Å². The SMILES string of the molecule is Cc1cc2ncnc(N3CC(Cn4nc(-c5ccncc5)ccc4=O)C3)c2n1C. The van der Waals surface area contributed by atoms with E-state index in [1.54, 1.807) is 35.5 Å². The maximum Gasteiger partial charge on any atom is 0.266 e. The molecule has 4 aromatic heterocycles. The molecule has 0 aliphatic carbocycles. The molecule has 4 aromatic rings. The molecular weight excluding hydrogens is 366 g/mol. The molecule has 0 unspecified atom stereocenters. The zero-order valence-electron chi connectivity index (χ0n) is 16.4. The topological polar surface area (TPSA) is 81.7 Å². The third kappa shape index (κ3) is 3.06. The number of nitrogens with zero attached hydrogens (tertiary/aromatic N) is 7. The third-order valence-electron chi connectivity index (χ3n) is 5.57. The van der Waals surface area contributed by atoms with E-state index in [9.17, 15) is 4.79 Å². The molecule has 5 rings (SSSR count). The van der Waals surface area contributed by atoms with Gasteiger partial charge < -0.3 is 9.47 Å². The first-order valence-electron chi connectivity index (χ1n) is 9.60. The van der Waals surface area contributed by atoms with Gasteiger partial charge in [0.15, 0.2) is 5.82 Å². The summed E-state index contributed by atoms with van der Waals surface area (Å²) >= 11 is 0. The molecule has 1 fully saturated rings. The van der Waals surface area contributed by atoms with E-state index in [1.807, 2.05) is 19.2 Å². The van der Waals surface area contributed by atoms with E-state index in [-0.39, 0.29) is 5.56 Å². The largest absolute Gasteiger partial charge is 0.354 e. The number of anilines is 1. The predicted molar refractivity (Wildman–Crippen MR) is 111 cm³/mol. The van der Waals surface area contributed by atoms with Gasteiger partial charge in [-0.05, 0) is 31.2 Å². The number of pyridine rings is 1. The van der Waals surface area contributed by atoms with Crippen molar-refractivity contribution in [1.29, 1.82) is 0 Å². The molecule has 0 amide bonds. The average Bonchev–Trinajstić information content (AvgIpc) is 3.00. The first-order valence-corrected chi connectivity index (χ1v) is 9.60. The van der Waals surface area contributed by atoms with Crippen molar-refractivity contribution in [2.45, 2.75) is 13.5 Å². The van der Waals surface area contributed by atoms with Gasteiger partial charge in [0.25, 0.3) is 5.56 Å². The Kier molecular flexibility index (Phi) is 4.12. The molecule has 0 atom stereocenters. The average molecular weight is 387 g/mol. The second kappa shape index (κ2) is 6.80. The molecule has 0 N–H and O–H groups in total. The summed E-state index contributed by atoms with van der Waals surface area (Å²) in [6.07, 6.45) is 5.07. The summed E-state index contributed by atoms with van der Waals surface area (Å²) in [4.78, 5) is 27.5. The van der Waals surface area contributed by atoms with Crippen molar-refractivity contribution in [2.24, 2.45) is 13.0 Å². The minimum Gasteiger partial charge on any atom is -0.354 e. The summed E-state index contributed by atoms with van der Waals surface area (Å²) in [5, 5.41) is 4.56. The van der Waals surface area contributed by atoms with Gasteiger partial charge in [0.2, 0.25) is 0 Å². The van der Waals surface area contributed by atoms with E-state index >= 15 is 0 Å². The van der Waals surface area contributed by atoms with Crippen molar-refractivity contribution in [3.63, 3.8) is 0 Å². The van der Waals surface area contributed by atoms with Gasteiger partial charge in [-0.25, -0.2) is 14.6 Å². The van der Waals surface area contributed by atoms with Gasteiger partial charge in [0.1, 0.15) is 11.8 Å². The lowest BCUT2D eigenvalue weighted by Gasteiger charge is -2.40. The highest BCUT2D eigenvalue weighted by Gasteiger charge is 2.30. The van der Waals surface area contributed by atoms with E-state index in [0.717, 1.165) is 46.9 Å². The van der Waals surface area contributed by atoms with Gasteiger partial charge in [-0.3, -0.25) is 9.78 Å². The molecule has 0 aromatic carbocycles. The summed E-state index contributed by atoms with van der Waals surface area (Å²) in [6.45, 7) is 4.33. The highest BCUT2D eigenvalue weighted by atomic mass is 16.1. The Labute approximate surface area is 167 Å². The number of fused-ring (bicyclic) bond motifs is 1. The molecule has 29 heavy (non-hydrogen) atoms.